The average Bonchev–Trinajstić information content (AvgIpc) is 1.88. The van der Waals surface area contributed by atoms with Gasteiger partial charge in [0.1, 0.15) is 9.73 Å². The Morgan fingerprint density at radius 2 is 2.00 bits per heavy atom. The van der Waals surface area contributed by atoms with Crippen LogP contribution in [-0.4, -0.2) is 20.4 Å². The van der Waals surface area contributed by atoms with E-state index in [2.05, 4.69) is 9.97 Å². The van der Waals surface area contributed by atoms with Crippen molar-refractivity contribution < 1.29 is 4.21 Å². The largest absolute Gasteiger partial charge is 0.246 e. The second-order valence-corrected chi connectivity index (χ2v) is 3.93. The van der Waals surface area contributed by atoms with E-state index in [1.165, 1.54) is 18.6 Å². The number of hydrogen-bond acceptors (Lipinski definition) is 4. The Hall–Kier alpha value is -0.970. The molecule has 1 atom stereocenters. The van der Waals surface area contributed by atoms with Gasteiger partial charge in [0.25, 0.3) is 0 Å². The average molecular weight is 157 g/mol. The van der Waals surface area contributed by atoms with Crippen molar-refractivity contribution in [1.29, 1.82) is 4.78 Å². The number of rotatable bonds is 1. The zero-order valence-electron chi connectivity index (χ0n) is 5.44. The predicted molar refractivity (Wildman–Crippen MR) is 37.1 cm³/mol. The summed E-state index contributed by atoms with van der Waals surface area (Å²) in [5.41, 5.74) is 0. The Bertz CT molecular complexity index is 305. The lowest BCUT2D eigenvalue weighted by molar-refractivity contribution is 0.671. The fourth-order valence-corrected chi connectivity index (χ4v) is 1.01. The summed E-state index contributed by atoms with van der Waals surface area (Å²) in [4.78, 5) is 7.35. The molecule has 0 radical (unpaired) electrons. The molecular weight excluding hydrogens is 150 g/mol. The van der Waals surface area contributed by atoms with E-state index in [-0.39, 0.29) is 5.16 Å². The molecule has 5 heteroatoms. The molecule has 0 aliphatic rings. The summed E-state index contributed by atoms with van der Waals surface area (Å²) in [6.07, 6.45) is 4.24. The number of aromatic nitrogens is 2. The van der Waals surface area contributed by atoms with Crippen molar-refractivity contribution in [2.75, 3.05) is 6.26 Å². The normalized spacial score (nSPS) is 16.1. The lowest BCUT2D eigenvalue weighted by Crippen LogP contribution is -2.00. The van der Waals surface area contributed by atoms with Crippen LogP contribution in [0.2, 0.25) is 0 Å². The maximum Gasteiger partial charge on any atom is 0.226 e. The van der Waals surface area contributed by atoms with Crippen molar-refractivity contribution >= 4 is 9.73 Å². The summed E-state index contributed by atoms with van der Waals surface area (Å²) in [6, 6.07) is 1.62. The van der Waals surface area contributed by atoms with E-state index in [1.807, 2.05) is 0 Å². The van der Waals surface area contributed by atoms with Crippen molar-refractivity contribution in [1.82, 2.24) is 9.97 Å². The number of nitrogens with one attached hydrogen (secondary N) is 1. The van der Waals surface area contributed by atoms with Crippen molar-refractivity contribution in [3.05, 3.63) is 18.5 Å². The molecule has 4 nitrogen and oxygen atoms in total. The lowest BCUT2D eigenvalue weighted by Gasteiger charge is -1.94. The van der Waals surface area contributed by atoms with Crippen LogP contribution in [0.3, 0.4) is 0 Å². The molecule has 1 aromatic heterocycles. The third kappa shape index (κ3) is 1.51. The minimum absolute atomic E-state index is 0.0926. The number of nitrogens with zero attached hydrogens (tertiary/aromatic N) is 2. The molecule has 1 unspecified atom stereocenters. The highest BCUT2D eigenvalue weighted by molar-refractivity contribution is 7.91. The molecule has 54 valence electrons. The van der Waals surface area contributed by atoms with Gasteiger partial charge in [0.15, 0.2) is 0 Å². The van der Waals surface area contributed by atoms with Gasteiger partial charge < -0.3 is 0 Å². The van der Waals surface area contributed by atoms with Crippen LogP contribution < -0.4 is 0 Å². The van der Waals surface area contributed by atoms with E-state index >= 15 is 0 Å². The molecule has 1 heterocycles. The molecule has 0 spiro atoms. The van der Waals surface area contributed by atoms with Crippen LogP contribution >= 0.6 is 0 Å². The Labute approximate surface area is 59.3 Å². The Kier molecular flexibility index (Phi) is 1.67. The van der Waals surface area contributed by atoms with E-state index in [1.54, 1.807) is 6.07 Å². The minimum atomic E-state index is -2.73. The highest BCUT2D eigenvalue weighted by atomic mass is 32.2. The van der Waals surface area contributed by atoms with Crippen LogP contribution in [0, 0.1) is 4.78 Å². The van der Waals surface area contributed by atoms with Crippen molar-refractivity contribution in [2.45, 2.75) is 5.16 Å². The third-order valence-corrected chi connectivity index (χ3v) is 1.80. The minimum Gasteiger partial charge on any atom is -0.246 e. The van der Waals surface area contributed by atoms with Gasteiger partial charge in [-0.15, -0.1) is 0 Å². The summed E-state index contributed by atoms with van der Waals surface area (Å²) in [5, 5.41) is 0.0926. The monoisotopic (exact) mass is 157 g/mol. The van der Waals surface area contributed by atoms with Crippen LogP contribution in [0.5, 0.6) is 0 Å². The quantitative estimate of drug-likeness (QED) is 0.604. The molecule has 0 saturated heterocycles. The first kappa shape index (κ1) is 7.14. The van der Waals surface area contributed by atoms with Crippen molar-refractivity contribution in [3.8, 4) is 0 Å². The zero-order valence-corrected chi connectivity index (χ0v) is 6.26. The van der Waals surface area contributed by atoms with Gasteiger partial charge in [-0.3, -0.25) is 0 Å². The first-order chi connectivity index (χ1) is 4.61. The van der Waals surface area contributed by atoms with Crippen LogP contribution in [0.25, 0.3) is 0 Å². The van der Waals surface area contributed by atoms with E-state index in [4.69, 9.17) is 4.78 Å². The molecule has 0 aromatic carbocycles. The SMILES string of the molecule is CS(=N)(=O)c1ncccn1. The molecule has 0 aliphatic heterocycles. The fourth-order valence-electron chi connectivity index (χ4n) is 0.487. The lowest BCUT2D eigenvalue weighted by atomic mass is 10.7. The van der Waals surface area contributed by atoms with Gasteiger partial charge in [0, 0.05) is 18.6 Å². The van der Waals surface area contributed by atoms with Crippen LogP contribution in [0.4, 0.5) is 0 Å². The molecule has 0 aliphatic carbocycles. The zero-order chi connectivity index (χ0) is 7.61. The van der Waals surface area contributed by atoms with Gasteiger partial charge in [-0.1, -0.05) is 0 Å². The third-order valence-electron chi connectivity index (χ3n) is 0.890. The van der Waals surface area contributed by atoms with Crippen LogP contribution in [0.15, 0.2) is 23.6 Å². The van der Waals surface area contributed by atoms with Gasteiger partial charge in [-0.05, 0) is 6.07 Å². The topological polar surface area (TPSA) is 66.7 Å². The smallest absolute Gasteiger partial charge is 0.226 e. The molecule has 0 saturated carbocycles. The Balaban J connectivity index is 3.22. The predicted octanol–water partition coefficient (Wildman–Crippen LogP) is 0.512. The molecule has 1 aromatic rings. The van der Waals surface area contributed by atoms with E-state index in [0.29, 0.717) is 0 Å². The van der Waals surface area contributed by atoms with E-state index in [9.17, 15) is 4.21 Å². The maximum absolute atomic E-state index is 10.9. The first-order valence-corrected chi connectivity index (χ1v) is 4.58. The molecule has 0 amide bonds. The highest BCUT2D eigenvalue weighted by Gasteiger charge is 2.02. The molecule has 0 fully saturated rings. The van der Waals surface area contributed by atoms with Gasteiger partial charge in [-0.25, -0.2) is 19.0 Å². The summed E-state index contributed by atoms with van der Waals surface area (Å²) >= 11 is 0. The van der Waals surface area contributed by atoms with Gasteiger partial charge in [-0.2, -0.15) is 0 Å². The van der Waals surface area contributed by atoms with Crippen LogP contribution in [0.1, 0.15) is 0 Å². The summed E-state index contributed by atoms with van der Waals surface area (Å²) < 4.78 is 18.0. The maximum atomic E-state index is 10.9. The van der Waals surface area contributed by atoms with Gasteiger partial charge >= 0.3 is 0 Å². The summed E-state index contributed by atoms with van der Waals surface area (Å²) in [5.74, 6) is 0. The van der Waals surface area contributed by atoms with Gasteiger partial charge in [0.2, 0.25) is 5.16 Å². The molecular formula is C5H7N3OS. The van der Waals surface area contributed by atoms with Gasteiger partial charge in [0.05, 0.1) is 0 Å². The van der Waals surface area contributed by atoms with E-state index in [0.717, 1.165) is 0 Å². The summed E-state index contributed by atoms with van der Waals surface area (Å²) in [6.45, 7) is 0. The Morgan fingerprint density at radius 1 is 1.50 bits per heavy atom. The van der Waals surface area contributed by atoms with Crippen molar-refractivity contribution in [2.24, 2.45) is 0 Å². The summed E-state index contributed by atoms with van der Waals surface area (Å²) in [7, 11) is -2.73. The van der Waals surface area contributed by atoms with Crippen LogP contribution in [-0.2, 0) is 9.73 Å². The highest BCUT2D eigenvalue weighted by Crippen LogP contribution is 1.97. The molecule has 0 bridgehead atoms. The molecule has 1 rings (SSSR count). The standard InChI is InChI=1S/C5H7N3OS/c1-10(6,9)5-7-3-2-4-8-5/h2-4,6H,1H3. The Morgan fingerprint density at radius 3 is 2.30 bits per heavy atom. The molecule has 10 heavy (non-hydrogen) atoms. The first-order valence-electron chi connectivity index (χ1n) is 2.61. The van der Waals surface area contributed by atoms with E-state index < -0.39 is 9.73 Å². The van der Waals surface area contributed by atoms with Crippen molar-refractivity contribution in [3.63, 3.8) is 0 Å². The second kappa shape index (κ2) is 2.34. The fraction of sp³-hybridized carbons (Fsp3) is 0.200. The number of hydrogen-bond donors (Lipinski definition) is 1. The second-order valence-electron chi connectivity index (χ2n) is 1.88. The molecule has 1 N–H and O–H groups in total.